The van der Waals surface area contributed by atoms with E-state index in [9.17, 15) is 18.4 Å². The van der Waals surface area contributed by atoms with Crippen LogP contribution in [0.3, 0.4) is 0 Å². The first-order chi connectivity index (χ1) is 15.5. The van der Waals surface area contributed by atoms with Crippen molar-refractivity contribution in [2.24, 2.45) is 0 Å². The quantitative estimate of drug-likeness (QED) is 0.618. The lowest BCUT2D eigenvalue weighted by atomic mass is 10.2. The minimum Gasteiger partial charge on any atom is -0.444 e. The average Bonchev–Trinajstić information content (AvgIpc) is 2.73. The maximum absolute atomic E-state index is 12.6. The highest BCUT2D eigenvalue weighted by atomic mass is 35.5. The Hall–Kier alpha value is -3.21. The van der Waals surface area contributed by atoms with Crippen LogP contribution in [0.2, 0.25) is 5.15 Å². The molecule has 0 saturated carbocycles. The molecular weight excluding hydrogens is 458 g/mol. The fourth-order valence-corrected chi connectivity index (χ4v) is 3.23. The van der Waals surface area contributed by atoms with E-state index < -0.39 is 17.9 Å². The lowest BCUT2D eigenvalue weighted by Gasteiger charge is -2.35. The van der Waals surface area contributed by atoms with Gasteiger partial charge in [-0.15, -0.1) is 0 Å². The smallest absolute Gasteiger partial charge is 0.410 e. The monoisotopic (exact) mass is 482 g/mol. The normalized spacial score (nSPS) is 14.3. The summed E-state index contributed by atoms with van der Waals surface area (Å²) in [5.74, 6) is -0.741. The van der Waals surface area contributed by atoms with Crippen LogP contribution in [0.4, 0.5) is 36.7 Å². The third-order valence-electron chi connectivity index (χ3n) is 4.54. The standard InChI is InChI=1S/C21H25ClF2N6O3/c1-21(2,3)33-20(32)30-10-8-29(9-11-30)19-27-15(22)12-16(28-19)25-13-6-4-5-7-14(13)26-18(31)17(23)24/h4-7,12,17H,8-11H2,1-3H3,(H,26,31)(H,25,27,28). The first-order valence-corrected chi connectivity index (χ1v) is 10.6. The molecule has 1 aromatic carbocycles. The molecule has 9 nitrogen and oxygen atoms in total. The lowest BCUT2D eigenvalue weighted by Crippen LogP contribution is -2.50. The minimum absolute atomic E-state index is 0.171. The fourth-order valence-electron chi connectivity index (χ4n) is 3.05. The van der Waals surface area contributed by atoms with Crippen molar-refractivity contribution in [2.45, 2.75) is 32.8 Å². The second-order valence-electron chi connectivity index (χ2n) is 8.29. The van der Waals surface area contributed by atoms with E-state index in [2.05, 4.69) is 20.6 Å². The van der Waals surface area contributed by atoms with E-state index in [0.29, 0.717) is 43.6 Å². The number of carbonyl (C=O) groups excluding carboxylic acids is 2. The summed E-state index contributed by atoms with van der Waals surface area (Å²) in [6.07, 6.45) is -3.52. The number of para-hydroxylation sites is 2. The number of hydrogen-bond donors (Lipinski definition) is 2. The van der Waals surface area contributed by atoms with Crippen molar-refractivity contribution in [1.82, 2.24) is 14.9 Å². The molecule has 0 aliphatic carbocycles. The Kier molecular flexibility index (Phi) is 7.52. The van der Waals surface area contributed by atoms with Crippen LogP contribution in [-0.2, 0) is 9.53 Å². The number of hydrogen-bond acceptors (Lipinski definition) is 7. The van der Waals surface area contributed by atoms with Crippen molar-refractivity contribution < 1.29 is 23.1 Å². The fraction of sp³-hybridized carbons (Fsp3) is 0.429. The highest BCUT2D eigenvalue weighted by Crippen LogP contribution is 2.27. The molecule has 33 heavy (non-hydrogen) atoms. The molecule has 0 atom stereocenters. The Morgan fingerprint density at radius 2 is 1.73 bits per heavy atom. The summed E-state index contributed by atoms with van der Waals surface area (Å²) < 4.78 is 30.7. The minimum atomic E-state index is -3.14. The molecule has 1 saturated heterocycles. The maximum atomic E-state index is 12.6. The zero-order valence-corrected chi connectivity index (χ0v) is 19.2. The maximum Gasteiger partial charge on any atom is 0.410 e. The number of alkyl halides is 2. The summed E-state index contributed by atoms with van der Waals surface area (Å²) in [4.78, 5) is 35.9. The predicted molar refractivity (Wildman–Crippen MR) is 121 cm³/mol. The highest BCUT2D eigenvalue weighted by Gasteiger charge is 2.27. The number of benzene rings is 1. The molecule has 2 heterocycles. The number of carbonyl (C=O) groups is 2. The van der Waals surface area contributed by atoms with E-state index in [1.165, 1.54) is 12.1 Å². The van der Waals surface area contributed by atoms with Crippen LogP contribution in [0, 0.1) is 0 Å². The molecule has 1 fully saturated rings. The number of amides is 2. The molecule has 0 bridgehead atoms. The number of anilines is 4. The number of halogens is 3. The highest BCUT2D eigenvalue weighted by molar-refractivity contribution is 6.29. The van der Waals surface area contributed by atoms with Gasteiger partial charge in [0.05, 0.1) is 11.4 Å². The number of aromatic nitrogens is 2. The molecule has 3 rings (SSSR count). The van der Waals surface area contributed by atoms with Gasteiger partial charge in [-0.3, -0.25) is 4.79 Å². The number of nitrogens with one attached hydrogen (secondary N) is 2. The van der Waals surface area contributed by atoms with Crippen LogP contribution in [0.25, 0.3) is 0 Å². The Bertz CT molecular complexity index is 1010. The van der Waals surface area contributed by atoms with Gasteiger partial charge in [-0.05, 0) is 32.9 Å². The van der Waals surface area contributed by atoms with Gasteiger partial charge in [-0.25, -0.2) is 9.78 Å². The molecule has 1 aliphatic rings. The summed E-state index contributed by atoms with van der Waals surface area (Å²) in [6.45, 7) is 7.23. The number of rotatable bonds is 5. The van der Waals surface area contributed by atoms with E-state index in [1.54, 1.807) is 23.1 Å². The number of piperazine rings is 1. The zero-order chi connectivity index (χ0) is 24.2. The Morgan fingerprint density at radius 3 is 2.33 bits per heavy atom. The van der Waals surface area contributed by atoms with E-state index >= 15 is 0 Å². The Labute approximate surface area is 195 Å². The second-order valence-corrected chi connectivity index (χ2v) is 8.68. The number of ether oxygens (including phenoxy) is 1. The van der Waals surface area contributed by atoms with Gasteiger partial charge >= 0.3 is 12.5 Å². The first-order valence-electron chi connectivity index (χ1n) is 10.2. The molecule has 1 aliphatic heterocycles. The van der Waals surface area contributed by atoms with Crippen LogP contribution < -0.4 is 15.5 Å². The summed E-state index contributed by atoms with van der Waals surface area (Å²) in [5.41, 5.74) is -0.0392. The summed E-state index contributed by atoms with van der Waals surface area (Å²) in [6, 6.07) is 7.86. The molecule has 12 heteroatoms. The van der Waals surface area contributed by atoms with Crippen molar-refractivity contribution >= 4 is 46.7 Å². The van der Waals surface area contributed by atoms with Gasteiger partial charge in [0.15, 0.2) is 0 Å². The van der Waals surface area contributed by atoms with Crippen molar-refractivity contribution in [3.8, 4) is 0 Å². The van der Waals surface area contributed by atoms with Crippen LogP contribution in [-0.4, -0.2) is 65.1 Å². The van der Waals surface area contributed by atoms with Crippen molar-refractivity contribution in [1.29, 1.82) is 0 Å². The van der Waals surface area contributed by atoms with Crippen molar-refractivity contribution in [2.75, 3.05) is 41.7 Å². The first kappa shape index (κ1) is 24.4. The van der Waals surface area contributed by atoms with E-state index in [1.807, 2.05) is 25.7 Å². The molecule has 2 amide bonds. The predicted octanol–water partition coefficient (Wildman–Crippen LogP) is 4.13. The van der Waals surface area contributed by atoms with Crippen molar-refractivity contribution in [3.05, 3.63) is 35.5 Å². The van der Waals surface area contributed by atoms with Gasteiger partial charge in [0.2, 0.25) is 5.95 Å². The van der Waals surface area contributed by atoms with Crippen molar-refractivity contribution in [3.63, 3.8) is 0 Å². The van der Waals surface area contributed by atoms with Gasteiger partial charge in [0, 0.05) is 32.2 Å². The second kappa shape index (κ2) is 10.2. The Balaban J connectivity index is 1.70. The van der Waals surface area contributed by atoms with Gasteiger partial charge in [0.1, 0.15) is 16.6 Å². The Morgan fingerprint density at radius 1 is 1.09 bits per heavy atom. The average molecular weight is 483 g/mol. The molecule has 2 N–H and O–H groups in total. The van der Waals surface area contributed by atoms with Gasteiger partial charge in [-0.1, -0.05) is 23.7 Å². The molecule has 0 unspecified atom stereocenters. The molecule has 0 spiro atoms. The van der Waals surface area contributed by atoms with Gasteiger partial charge in [0.25, 0.3) is 5.91 Å². The number of nitrogens with zero attached hydrogens (tertiary/aromatic N) is 4. The summed E-state index contributed by atoms with van der Waals surface area (Å²) >= 11 is 6.18. The lowest BCUT2D eigenvalue weighted by molar-refractivity contribution is -0.126. The molecule has 0 radical (unpaired) electrons. The van der Waals surface area contributed by atoms with Gasteiger partial charge < -0.3 is 25.2 Å². The molecule has 2 aromatic rings. The summed E-state index contributed by atoms with van der Waals surface area (Å²) in [5, 5.41) is 5.32. The van der Waals surface area contributed by atoms with E-state index in [-0.39, 0.29) is 16.9 Å². The molecule has 178 valence electrons. The largest absolute Gasteiger partial charge is 0.444 e. The molecular formula is C21H25ClF2N6O3. The summed E-state index contributed by atoms with van der Waals surface area (Å²) in [7, 11) is 0. The van der Waals surface area contributed by atoms with Crippen LogP contribution in [0.5, 0.6) is 0 Å². The van der Waals surface area contributed by atoms with Crippen LogP contribution in [0.15, 0.2) is 30.3 Å². The van der Waals surface area contributed by atoms with E-state index in [4.69, 9.17) is 16.3 Å². The van der Waals surface area contributed by atoms with Gasteiger partial charge in [-0.2, -0.15) is 13.8 Å². The molecule has 1 aromatic heterocycles. The SMILES string of the molecule is CC(C)(C)OC(=O)N1CCN(c2nc(Cl)cc(Nc3ccccc3NC(=O)C(F)F)n2)CC1. The topological polar surface area (TPSA) is 99.7 Å². The third-order valence-corrected chi connectivity index (χ3v) is 4.74. The van der Waals surface area contributed by atoms with Crippen LogP contribution >= 0.6 is 11.6 Å². The van der Waals surface area contributed by atoms with Crippen LogP contribution in [0.1, 0.15) is 20.8 Å². The zero-order valence-electron chi connectivity index (χ0n) is 18.4. The third kappa shape index (κ3) is 6.88. The van der Waals surface area contributed by atoms with E-state index in [0.717, 1.165) is 0 Å².